The highest BCUT2D eigenvalue weighted by atomic mass is 32.2. The molecule has 1 unspecified atom stereocenters. The van der Waals surface area contributed by atoms with Crippen molar-refractivity contribution >= 4 is 16.0 Å². The number of halogens is 1. The molecule has 0 heterocycles. The molecule has 1 atom stereocenters. The number of aliphatic carboxylic acids is 1. The van der Waals surface area contributed by atoms with E-state index in [-0.39, 0.29) is 17.9 Å². The molecule has 5 nitrogen and oxygen atoms in total. The Morgan fingerprint density at radius 1 is 1.45 bits per heavy atom. The Labute approximate surface area is 117 Å². The monoisotopic (exact) mass is 303 g/mol. The predicted octanol–water partition coefficient (Wildman–Crippen LogP) is 1.84. The first-order valence-corrected chi connectivity index (χ1v) is 7.90. The lowest BCUT2D eigenvalue weighted by Crippen LogP contribution is -2.26. The van der Waals surface area contributed by atoms with Gasteiger partial charge in [-0.2, -0.15) is 0 Å². The minimum Gasteiger partial charge on any atom is -0.481 e. The number of sulfonamides is 1. The van der Waals surface area contributed by atoms with Crippen LogP contribution in [0, 0.1) is 5.82 Å². The number of nitrogens with one attached hydrogen (secondary N) is 1. The number of carboxylic acid groups (broad SMARTS) is 1. The van der Waals surface area contributed by atoms with Gasteiger partial charge in [0.2, 0.25) is 10.0 Å². The van der Waals surface area contributed by atoms with Crippen LogP contribution in [0.25, 0.3) is 0 Å². The lowest BCUT2D eigenvalue weighted by molar-refractivity contribution is -0.138. The lowest BCUT2D eigenvalue weighted by Gasteiger charge is -2.10. The molecule has 0 bridgehead atoms. The minimum absolute atomic E-state index is 0.0112. The molecule has 0 saturated carbocycles. The fraction of sp³-hybridized carbons (Fsp3) is 0.462. The standard InChI is InChI=1S/C13H18FNO4S/c1-3-6-20(18,19)15-8-11-5-4-10(7-12(11)14)9(2)13(16)17/h4-5,7,9,15H,3,6,8H2,1-2H3,(H,16,17). The zero-order chi connectivity index (χ0) is 15.3. The summed E-state index contributed by atoms with van der Waals surface area (Å²) in [5.41, 5.74) is 0.529. The van der Waals surface area contributed by atoms with E-state index in [1.165, 1.54) is 19.1 Å². The maximum atomic E-state index is 13.8. The number of hydrogen-bond acceptors (Lipinski definition) is 3. The third kappa shape index (κ3) is 4.57. The molecule has 0 spiro atoms. The molecule has 2 N–H and O–H groups in total. The van der Waals surface area contributed by atoms with Crippen LogP contribution in [0.2, 0.25) is 0 Å². The quantitative estimate of drug-likeness (QED) is 0.805. The van der Waals surface area contributed by atoms with E-state index in [1.807, 2.05) is 0 Å². The van der Waals surface area contributed by atoms with Crippen LogP contribution in [0.1, 0.15) is 37.3 Å². The first kappa shape index (κ1) is 16.6. The third-order valence-electron chi connectivity index (χ3n) is 2.90. The number of benzene rings is 1. The van der Waals surface area contributed by atoms with Crippen LogP contribution >= 0.6 is 0 Å². The van der Waals surface area contributed by atoms with Crippen molar-refractivity contribution in [3.63, 3.8) is 0 Å². The number of rotatable bonds is 7. The second-order valence-electron chi connectivity index (χ2n) is 4.55. The van der Waals surface area contributed by atoms with Crippen LogP contribution in [0.3, 0.4) is 0 Å². The van der Waals surface area contributed by atoms with Crippen molar-refractivity contribution < 1.29 is 22.7 Å². The normalized spacial score (nSPS) is 13.2. The molecule has 0 amide bonds. The van der Waals surface area contributed by atoms with Crippen LogP contribution in [0.5, 0.6) is 0 Å². The number of hydrogen-bond donors (Lipinski definition) is 2. The van der Waals surface area contributed by atoms with E-state index in [0.29, 0.717) is 12.0 Å². The van der Waals surface area contributed by atoms with Crippen LogP contribution in [0.15, 0.2) is 18.2 Å². The minimum atomic E-state index is -3.40. The molecule has 0 fully saturated rings. The highest BCUT2D eigenvalue weighted by Crippen LogP contribution is 2.19. The highest BCUT2D eigenvalue weighted by Gasteiger charge is 2.16. The zero-order valence-electron chi connectivity index (χ0n) is 11.4. The van der Waals surface area contributed by atoms with Gasteiger partial charge in [-0.1, -0.05) is 19.1 Å². The van der Waals surface area contributed by atoms with Gasteiger partial charge in [-0.05, 0) is 25.0 Å². The van der Waals surface area contributed by atoms with Crippen LogP contribution in [-0.2, 0) is 21.4 Å². The van der Waals surface area contributed by atoms with Crippen molar-refractivity contribution in [2.24, 2.45) is 0 Å². The van der Waals surface area contributed by atoms with Crippen LogP contribution in [0.4, 0.5) is 4.39 Å². The highest BCUT2D eigenvalue weighted by molar-refractivity contribution is 7.89. The Balaban J connectivity index is 2.82. The van der Waals surface area contributed by atoms with Gasteiger partial charge < -0.3 is 5.11 Å². The smallest absolute Gasteiger partial charge is 0.310 e. The number of carbonyl (C=O) groups is 1. The Kier molecular flexibility index (Phi) is 5.64. The van der Waals surface area contributed by atoms with Gasteiger partial charge in [0.25, 0.3) is 0 Å². The van der Waals surface area contributed by atoms with Crippen molar-refractivity contribution in [2.45, 2.75) is 32.7 Å². The summed E-state index contributed by atoms with van der Waals surface area (Å²) in [6, 6.07) is 4.02. The lowest BCUT2D eigenvalue weighted by atomic mass is 10.00. The molecule has 1 aromatic carbocycles. The summed E-state index contributed by atoms with van der Waals surface area (Å²) < 4.78 is 39.0. The summed E-state index contributed by atoms with van der Waals surface area (Å²) in [5.74, 6) is -2.48. The molecule has 20 heavy (non-hydrogen) atoms. The van der Waals surface area contributed by atoms with Gasteiger partial charge >= 0.3 is 5.97 Å². The Morgan fingerprint density at radius 2 is 2.10 bits per heavy atom. The molecule has 0 radical (unpaired) electrons. The molecule has 0 aliphatic heterocycles. The summed E-state index contributed by atoms with van der Waals surface area (Å²) in [7, 11) is -3.40. The van der Waals surface area contributed by atoms with E-state index in [4.69, 9.17) is 5.11 Å². The summed E-state index contributed by atoms with van der Waals surface area (Å²) >= 11 is 0. The molecule has 0 aliphatic rings. The number of carboxylic acids is 1. The van der Waals surface area contributed by atoms with E-state index < -0.39 is 27.7 Å². The summed E-state index contributed by atoms with van der Waals surface area (Å²) in [6.45, 7) is 3.05. The third-order valence-corrected chi connectivity index (χ3v) is 4.43. The van der Waals surface area contributed by atoms with Gasteiger partial charge in [0.05, 0.1) is 11.7 Å². The second-order valence-corrected chi connectivity index (χ2v) is 6.48. The Bertz CT molecular complexity index is 586. The van der Waals surface area contributed by atoms with Gasteiger partial charge in [0.15, 0.2) is 0 Å². The van der Waals surface area contributed by atoms with Crippen molar-refractivity contribution in [3.05, 3.63) is 35.1 Å². The van der Waals surface area contributed by atoms with Gasteiger partial charge in [0, 0.05) is 12.1 Å². The fourth-order valence-electron chi connectivity index (χ4n) is 1.65. The molecular formula is C13H18FNO4S. The average molecular weight is 303 g/mol. The van der Waals surface area contributed by atoms with Gasteiger partial charge in [-0.15, -0.1) is 0 Å². The largest absolute Gasteiger partial charge is 0.481 e. The molecule has 1 rings (SSSR count). The van der Waals surface area contributed by atoms with Gasteiger partial charge in [0.1, 0.15) is 5.82 Å². The Morgan fingerprint density at radius 3 is 2.60 bits per heavy atom. The molecule has 7 heteroatoms. The first-order chi connectivity index (χ1) is 9.26. The van der Waals surface area contributed by atoms with E-state index in [1.54, 1.807) is 6.92 Å². The topological polar surface area (TPSA) is 83.5 Å². The fourth-order valence-corrected chi connectivity index (χ4v) is 2.70. The summed E-state index contributed by atoms with van der Waals surface area (Å²) in [6.07, 6.45) is 0.479. The summed E-state index contributed by atoms with van der Waals surface area (Å²) in [4.78, 5) is 10.8. The first-order valence-electron chi connectivity index (χ1n) is 6.25. The zero-order valence-corrected chi connectivity index (χ0v) is 12.2. The molecule has 0 aromatic heterocycles. The molecule has 0 aliphatic carbocycles. The van der Waals surface area contributed by atoms with Gasteiger partial charge in [-0.3, -0.25) is 4.79 Å². The summed E-state index contributed by atoms with van der Waals surface area (Å²) in [5, 5.41) is 8.85. The van der Waals surface area contributed by atoms with Crippen molar-refractivity contribution in [3.8, 4) is 0 Å². The molecule has 0 saturated heterocycles. The SMILES string of the molecule is CCCS(=O)(=O)NCc1ccc(C(C)C(=O)O)cc1F. The van der Waals surface area contributed by atoms with Gasteiger partial charge in [-0.25, -0.2) is 17.5 Å². The maximum absolute atomic E-state index is 13.8. The van der Waals surface area contributed by atoms with Crippen LogP contribution < -0.4 is 4.72 Å². The van der Waals surface area contributed by atoms with Crippen LogP contribution in [-0.4, -0.2) is 25.2 Å². The molecule has 1 aromatic rings. The average Bonchev–Trinajstić information content (AvgIpc) is 2.36. The van der Waals surface area contributed by atoms with E-state index in [0.717, 1.165) is 6.07 Å². The Hall–Kier alpha value is -1.47. The maximum Gasteiger partial charge on any atom is 0.310 e. The van der Waals surface area contributed by atoms with E-state index in [2.05, 4.69) is 4.72 Å². The van der Waals surface area contributed by atoms with E-state index >= 15 is 0 Å². The van der Waals surface area contributed by atoms with Crippen molar-refractivity contribution in [1.82, 2.24) is 4.72 Å². The van der Waals surface area contributed by atoms with E-state index in [9.17, 15) is 17.6 Å². The predicted molar refractivity (Wildman–Crippen MR) is 73.4 cm³/mol. The molecular weight excluding hydrogens is 285 g/mol. The van der Waals surface area contributed by atoms with Crippen molar-refractivity contribution in [2.75, 3.05) is 5.75 Å². The second kappa shape index (κ2) is 6.81. The van der Waals surface area contributed by atoms with Crippen molar-refractivity contribution in [1.29, 1.82) is 0 Å². The molecule has 112 valence electrons.